The Bertz CT molecular complexity index is 41.3. The summed E-state index contributed by atoms with van der Waals surface area (Å²) in [4.78, 5) is 0. The van der Waals surface area contributed by atoms with E-state index >= 15 is 0 Å². The average Bonchev–Trinajstić information content (AvgIpc) is 1.35. The van der Waals surface area contributed by atoms with Gasteiger partial charge in [0.2, 0.25) is 0 Å². The molecule has 0 saturated carbocycles. The van der Waals surface area contributed by atoms with Crippen LogP contribution in [0, 0.1) is 5.53 Å². The molecule has 0 rings (SSSR count). The highest BCUT2D eigenvalue weighted by atomic mass is 15.0. The minimum Gasteiger partial charge on any atom is -0.326 e. The molecule has 0 radical (unpaired) electrons. The largest absolute Gasteiger partial charge is 0.326 e. The first-order chi connectivity index (χ1) is 2.77. The molecule has 3 N–H and O–H groups in total. The Labute approximate surface area is 37.0 Å². The van der Waals surface area contributed by atoms with Crippen molar-refractivity contribution in [1.29, 1.82) is 5.53 Å². The maximum Gasteiger partial charge on any atom is 0.0744 e. The van der Waals surface area contributed by atoms with Crippen LogP contribution in [0.4, 0.5) is 0 Å². The van der Waals surface area contributed by atoms with Gasteiger partial charge >= 0.3 is 0 Å². The zero-order valence-corrected chi connectivity index (χ0v) is 3.81. The third kappa shape index (κ3) is 3.56. The number of hydrogen-bond acceptors (Lipinski definition) is 3. The molecule has 0 aliphatic rings. The summed E-state index contributed by atoms with van der Waals surface area (Å²) >= 11 is 0. The van der Waals surface area contributed by atoms with Gasteiger partial charge in [-0.1, -0.05) is 0 Å². The van der Waals surface area contributed by atoms with Gasteiger partial charge in [-0.25, -0.2) is 5.53 Å². The number of nitrogens with two attached hydrogens (primary N) is 1. The molecule has 0 bridgehead atoms. The Hall–Kier alpha value is -0.440. The van der Waals surface area contributed by atoms with Crippen LogP contribution in [0.2, 0.25) is 0 Å². The maximum atomic E-state index is 6.28. The Balaban J connectivity index is 2.81. The van der Waals surface area contributed by atoms with Gasteiger partial charge in [0, 0.05) is 6.04 Å². The van der Waals surface area contributed by atoms with Crippen LogP contribution < -0.4 is 5.73 Å². The molecule has 0 aliphatic heterocycles. The topological polar surface area (TPSA) is 62.2 Å². The molecule has 36 valence electrons. The van der Waals surface area contributed by atoms with Crippen molar-refractivity contribution in [2.24, 2.45) is 10.8 Å². The molecule has 1 atom stereocenters. The first-order valence-electron chi connectivity index (χ1n) is 1.86. The zero-order valence-electron chi connectivity index (χ0n) is 3.81. The van der Waals surface area contributed by atoms with Crippen molar-refractivity contribution in [3.8, 4) is 0 Å². The molecule has 1 unspecified atom stereocenters. The number of nitrogens with zero attached hydrogens (tertiary/aromatic N) is 1. The Morgan fingerprint density at radius 3 is 2.50 bits per heavy atom. The summed E-state index contributed by atoms with van der Waals surface area (Å²) < 4.78 is 0. The van der Waals surface area contributed by atoms with Gasteiger partial charge in [-0.2, -0.15) is 5.11 Å². The third-order valence-electron chi connectivity index (χ3n) is 0.379. The molecule has 3 heteroatoms. The van der Waals surface area contributed by atoms with Crippen molar-refractivity contribution in [2.45, 2.75) is 13.0 Å². The second-order valence-electron chi connectivity index (χ2n) is 1.32. The van der Waals surface area contributed by atoms with Crippen LogP contribution in [0.3, 0.4) is 0 Å². The molecule has 0 fully saturated rings. The normalized spacial score (nSPS) is 13.7. The number of nitrogens with one attached hydrogen (secondary N) is 1. The van der Waals surface area contributed by atoms with Crippen molar-refractivity contribution in [2.75, 3.05) is 6.54 Å². The molecule has 0 saturated heterocycles. The molecule has 6 heavy (non-hydrogen) atoms. The summed E-state index contributed by atoms with van der Waals surface area (Å²) in [7, 11) is 0. The fraction of sp³-hybridized carbons (Fsp3) is 1.00. The molecule has 0 aliphatic carbocycles. The lowest BCUT2D eigenvalue weighted by molar-refractivity contribution is 0.715. The molecule has 3 nitrogen and oxygen atoms in total. The van der Waals surface area contributed by atoms with E-state index in [9.17, 15) is 0 Å². The summed E-state index contributed by atoms with van der Waals surface area (Å²) in [5.41, 5.74) is 11.5. The highest BCUT2D eigenvalue weighted by Gasteiger charge is 1.84. The fourth-order valence-corrected chi connectivity index (χ4v) is 0.144. The molecular weight excluding hydrogens is 78.1 g/mol. The van der Waals surface area contributed by atoms with Crippen LogP contribution in [-0.2, 0) is 0 Å². The second kappa shape index (κ2) is 2.78. The van der Waals surface area contributed by atoms with Crippen LogP contribution >= 0.6 is 0 Å². The first kappa shape index (κ1) is 5.56. The van der Waals surface area contributed by atoms with Crippen LogP contribution in [-0.4, -0.2) is 12.6 Å². The molecule has 0 aromatic rings. The Kier molecular flexibility index (Phi) is 2.58. The summed E-state index contributed by atoms with van der Waals surface area (Å²) in [6.45, 7) is 2.26. The van der Waals surface area contributed by atoms with E-state index in [2.05, 4.69) is 5.11 Å². The van der Waals surface area contributed by atoms with Gasteiger partial charge in [0.25, 0.3) is 0 Å². The van der Waals surface area contributed by atoms with Gasteiger partial charge in [0.1, 0.15) is 0 Å². The van der Waals surface area contributed by atoms with E-state index in [0.29, 0.717) is 6.54 Å². The third-order valence-corrected chi connectivity index (χ3v) is 0.379. The van der Waals surface area contributed by atoms with Crippen molar-refractivity contribution >= 4 is 0 Å². The van der Waals surface area contributed by atoms with Gasteiger partial charge < -0.3 is 5.73 Å². The summed E-state index contributed by atoms with van der Waals surface area (Å²) in [6.07, 6.45) is 0. The smallest absolute Gasteiger partial charge is 0.0744 e. The van der Waals surface area contributed by atoms with Crippen LogP contribution in [0.15, 0.2) is 5.11 Å². The summed E-state index contributed by atoms with van der Waals surface area (Å²) in [5.74, 6) is 0. The molecule has 0 aromatic carbocycles. The van der Waals surface area contributed by atoms with Gasteiger partial charge in [-0.15, -0.1) is 0 Å². The van der Waals surface area contributed by atoms with Crippen LogP contribution in [0.1, 0.15) is 6.92 Å². The molecule has 0 amide bonds. The van der Waals surface area contributed by atoms with E-state index in [0.717, 1.165) is 0 Å². The lowest BCUT2D eigenvalue weighted by Gasteiger charge is -1.92. The summed E-state index contributed by atoms with van der Waals surface area (Å²) in [6, 6.07) is 0.0440. The molecule has 0 spiro atoms. The van der Waals surface area contributed by atoms with Gasteiger partial charge in [0.15, 0.2) is 0 Å². The average molecular weight is 87.1 g/mol. The molecule has 0 aromatic heterocycles. The number of rotatable bonds is 2. The van der Waals surface area contributed by atoms with Gasteiger partial charge in [-0.3, -0.25) is 0 Å². The van der Waals surface area contributed by atoms with Gasteiger partial charge in [-0.05, 0) is 6.92 Å². The quantitative estimate of drug-likeness (QED) is 0.469. The van der Waals surface area contributed by atoms with Crippen molar-refractivity contribution in [3.05, 3.63) is 0 Å². The highest BCUT2D eigenvalue weighted by molar-refractivity contribution is 4.50. The lowest BCUT2D eigenvalue weighted by Crippen LogP contribution is -2.17. The zero-order chi connectivity index (χ0) is 4.99. The number of hydrogen-bond donors (Lipinski definition) is 2. The molecule has 0 heterocycles. The first-order valence-corrected chi connectivity index (χ1v) is 1.86. The Morgan fingerprint density at radius 1 is 2.00 bits per heavy atom. The summed E-state index contributed by atoms with van der Waals surface area (Å²) in [5, 5.41) is 3.06. The van der Waals surface area contributed by atoms with E-state index in [1.807, 2.05) is 6.92 Å². The monoisotopic (exact) mass is 87.1 g/mol. The SMILES string of the molecule is CC(N)CN=N. The van der Waals surface area contributed by atoms with Crippen LogP contribution in [0.25, 0.3) is 0 Å². The Morgan fingerprint density at radius 2 is 2.50 bits per heavy atom. The minimum atomic E-state index is 0.0440. The second-order valence-corrected chi connectivity index (χ2v) is 1.32. The lowest BCUT2D eigenvalue weighted by atomic mass is 10.4. The maximum absolute atomic E-state index is 6.28. The predicted molar refractivity (Wildman–Crippen MR) is 23.7 cm³/mol. The predicted octanol–water partition coefficient (Wildman–Crippen LogP) is 0.365. The van der Waals surface area contributed by atoms with Crippen molar-refractivity contribution in [1.82, 2.24) is 0 Å². The van der Waals surface area contributed by atoms with E-state index in [1.165, 1.54) is 0 Å². The van der Waals surface area contributed by atoms with E-state index < -0.39 is 0 Å². The van der Waals surface area contributed by atoms with E-state index in [-0.39, 0.29) is 6.04 Å². The molecular formula is C3H9N3. The fourth-order valence-electron chi connectivity index (χ4n) is 0.144. The van der Waals surface area contributed by atoms with Crippen molar-refractivity contribution in [3.63, 3.8) is 0 Å². The standard InChI is InChI=1S/C3H9N3/c1-3(4)2-6-5/h3,5H,2,4H2,1H3. The highest BCUT2D eigenvalue weighted by Crippen LogP contribution is 1.71. The minimum absolute atomic E-state index is 0.0440. The van der Waals surface area contributed by atoms with Gasteiger partial charge in [0.05, 0.1) is 6.54 Å². The van der Waals surface area contributed by atoms with Crippen LogP contribution in [0.5, 0.6) is 0 Å². The van der Waals surface area contributed by atoms with E-state index in [4.69, 9.17) is 11.3 Å². The van der Waals surface area contributed by atoms with Crippen molar-refractivity contribution < 1.29 is 0 Å². The van der Waals surface area contributed by atoms with E-state index in [1.54, 1.807) is 0 Å².